The Labute approximate surface area is 155 Å². The zero-order valence-corrected chi connectivity index (χ0v) is 16.6. The fourth-order valence-electron chi connectivity index (χ4n) is 2.95. The molecule has 1 aromatic carbocycles. The van der Waals surface area contributed by atoms with Crippen LogP contribution in [0.5, 0.6) is 0 Å². The molecule has 1 fully saturated rings. The van der Waals surface area contributed by atoms with E-state index in [0.29, 0.717) is 19.6 Å². The number of amides is 3. The second-order valence-corrected chi connectivity index (χ2v) is 8.12. The highest BCUT2D eigenvalue weighted by Gasteiger charge is 2.38. The first-order chi connectivity index (χ1) is 11.8. The lowest BCUT2D eigenvalue weighted by Crippen LogP contribution is -2.48. The van der Waals surface area contributed by atoms with Gasteiger partial charge in [0.05, 0.1) is 5.25 Å². The molecule has 0 spiro atoms. The van der Waals surface area contributed by atoms with E-state index < -0.39 is 0 Å². The van der Waals surface area contributed by atoms with Crippen molar-refractivity contribution in [3.8, 4) is 0 Å². The van der Waals surface area contributed by atoms with E-state index in [9.17, 15) is 9.59 Å². The number of benzene rings is 1. The number of urea groups is 1. The first-order valence-electron chi connectivity index (χ1n) is 8.92. The normalized spacial score (nSPS) is 20.2. The quantitative estimate of drug-likeness (QED) is 0.843. The van der Waals surface area contributed by atoms with Crippen molar-refractivity contribution in [1.29, 1.82) is 0 Å². The minimum Gasteiger partial charge on any atom is -0.338 e. The van der Waals surface area contributed by atoms with Gasteiger partial charge in [0.1, 0.15) is 5.37 Å². The van der Waals surface area contributed by atoms with E-state index >= 15 is 0 Å². The van der Waals surface area contributed by atoms with Gasteiger partial charge >= 0.3 is 6.03 Å². The highest BCUT2D eigenvalue weighted by atomic mass is 32.2. The van der Waals surface area contributed by atoms with Crippen molar-refractivity contribution in [2.24, 2.45) is 0 Å². The number of rotatable bonds is 6. The van der Waals surface area contributed by atoms with Gasteiger partial charge in [0.2, 0.25) is 5.91 Å². The number of aryl methyl sites for hydroxylation is 1. The molecule has 0 unspecified atom stereocenters. The van der Waals surface area contributed by atoms with Crippen molar-refractivity contribution >= 4 is 23.7 Å². The fourth-order valence-corrected chi connectivity index (χ4v) is 4.26. The minimum absolute atomic E-state index is 0.0198. The molecular formula is C19H29N3O2S. The van der Waals surface area contributed by atoms with Gasteiger partial charge in [-0.1, -0.05) is 29.8 Å². The number of nitrogens with one attached hydrogen (secondary N) is 1. The van der Waals surface area contributed by atoms with Gasteiger partial charge in [0.25, 0.3) is 0 Å². The Balaban J connectivity index is 2.12. The van der Waals surface area contributed by atoms with Crippen LogP contribution in [0.2, 0.25) is 0 Å². The van der Waals surface area contributed by atoms with Crippen molar-refractivity contribution in [1.82, 2.24) is 15.1 Å². The molecule has 0 saturated carbocycles. The van der Waals surface area contributed by atoms with Crippen LogP contribution in [0.3, 0.4) is 0 Å². The molecule has 1 aliphatic rings. The van der Waals surface area contributed by atoms with Crippen LogP contribution >= 0.6 is 11.8 Å². The lowest BCUT2D eigenvalue weighted by molar-refractivity contribution is -0.130. The van der Waals surface area contributed by atoms with Crippen LogP contribution in [0.1, 0.15) is 44.2 Å². The van der Waals surface area contributed by atoms with E-state index in [1.54, 1.807) is 16.7 Å². The molecule has 3 amide bonds. The van der Waals surface area contributed by atoms with Gasteiger partial charge in [-0.2, -0.15) is 0 Å². The van der Waals surface area contributed by atoms with Crippen LogP contribution in [-0.4, -0.2) is 52.7 Å². The van der Waals surface area contributed by atoms with Crippen LogP contribution in [0, 0.1) is 6.92 Å². The molecule has 0 aliphatic carbocycles. The molecule has 25 heavy (non-hydrogen) atoms. The van der Waals surface area contributed by atoms with Crippen molar-refractivity contribution in [2.45, 2.75) is 51.3 Å². The molecule has 0 radical (unpaired) electrons. The van der Waals surface area contributed by atoms with Crippen LogP contribution in [-0.2, 0) is 4.79 Å². The maximum absolute atomic E-state index is 12.6. The van der Waals surface area contributed by atoms with Crippen molar-refractivity contribution in [3.05, 3.63) is 35.4 Å². The summed E-state index contributed by atoms with van der Waals surface area (Å²) in [5, 5.41) is 2.82. The number of thioether (sulfide) groups is 1. The van der Waals surface area contributed by atoms with Gasteiger partial charge in [-0.05, 0) is 40.2 Å². The van der Waals surface area contributed by atoms with Gasteiger partial charge < -0.3 is 15.1 Å². The Morgan fingerprint density at radius 2 is 1.96 bits per heavy atom. The molecule has 138 valence electrons. The summed E-state index contributed by atoms with van der Waals surface area (Å²) >= 11 is 1.68. The average Bonchev–Trinajstić information content (AvgIpc) is 2.84. The summed E-state index contributed by atoms with van der Waals surface area (Å²) in [7, 11) is 0. The van der Waals surface area contributed by atoms with Crippen LogP contribution in [0.25, 0.3) is 0 Å². The topological polar surface area (TPSA) is 52.7 Å². The van der Waals surface area contributed by atoms with E-state index in [1.807, 2.05) is 32.6 Å². The monoisotopic (exact) mass is 363 g/mol. The number of hydrogen-bond acceptors (Lipinski definition) is 3. The summed E-state index contributed by atoms with van der Waals surface area (Å²) in [5.41, 5.74) is 2.35. The third-order valence-electron chi connectivity index (χ3n) is 4.40. The van der Waals surface area contributed by atoms with Crippen molar-refractivity contribution < 1.29 is 9.59 Å². The summed E-state index contributed by atoms with van der Waals surface area (Å²) in [6.45, 7) is 11.6. The Hall–Kier alpha value is -1.69. The minimum atomic E-state index is -0.0725. The molecule has 2 rings (SSSR count). The molecule has 1 saturated heterocycles. The second kappa shape index (κ2) is 8.61. The highest BCUT2D eigenvalue weighted by molar-refractivity contribution is 8.01. The maximum atomic E-state index is 12.6. The molecule has 0 bridgehead atoms. The molecular weight excluding hydrogens is 334 g/mol. The molecule has 5 nitrogen and oxygen atoms in total. The third-order valence-corrected chi connectivity index (χ3v) is 5.80. The van der Waals surface area contributed by atoms with Crippen LogP contribution < -0.4 is 5.32 Å². The molecule has 1 N–H and O–H groups in total. The van der Waals surface area contributed by atoms with Crippen LogP contribution in [0.15, 0.2) is 24.3 Å². The van der Waals surface area contributed by atoms with Gasteiger partial charge in [-0.3, -0.25) is 4.79 Å². The summed E-state index contributed by atoms with van der Waals surface area (Å²) in [4.78, 5) is 28.6. The molecule has 2 atom stereocenters. The number of hydrogen-bond donors (Lipinski definition) is 1. The molecule has 1 aliphatic heterocycles. The first-order valence-corrected chi connectivity index (χ1v) is 9.86. The second-order valence-electron chi connectivity index (χ2n) is 6.70. The van der Waals surface area contributed by atoms with Crippen molar-refractivity contribution in [2.75, 3.05) is 19.6 Å². The highest BCUT2D eigenvalue weighted by Crippen LogP contribution is 2.42. The third kappa shape index (κ3) is 4.69. The van der Waals surface area contributed by atoms with E-state index in [-0.39, 0.29) is 28.6 Å². The number of carbonyl (C=O) groups is 2. The average molecular weight is 364 g/mol. The fraction of sp³-hybridized carbons (Fsp3) is 0.579. The Morgan fingerprint density at radius 3 is 2.52 bits per heavy atom. The predicted octanol–water partition coefficient (Wildman–Crippen LogP) is 3.40. The molecule has 1 heterocycles. The van der Waals surface area contributed by atoms with Gasteiger partial charge in [-0.15, -0.1) is 11.8 Å². The van der Waals surface area contributed by atoms with E-state index in [4.69, 9.17) is 0 Å². The Morgan fingerprint density at radius 1 is 1.32 bits per heavy atom. The molecule has 1 aromatic rings. The SMILES string of the molecule is CCNC(=O)N(CCN1C(=O)[C@@H](C)S[C@@H]1c1ccc(C)cc1)C(C)C. The molecule has 6 heteroatoms. The standard InChI is InChI=1S/C19H29N3O2S/c1-6-20-19(24)21(13(2)3)11-12-22-17(23)15(5)25-18(22)16-9-7-14(4)8-10-16/h7-10,13,15,18H,6,11-12H2,1-5H3,(H,20,24)/t15-,18-/m1/s1. The lowest BCUT2D eigenvalue weighted by Gasteiger charge is -2.31. The largest absolute Gasteiger partial charge is 0.338 e. The van der Waals surface area contributed by atoms with Gasteiger partial charge in [-0.25, -0.2) is 4.79 Å². The summed E-state index contributed by atoms with van der Waals surface area (Å²) < 4.78 is 0. The van der Waals surface area contributed by atoms with Gasteiger partial charge in [0.15, 0.2) is 0 Å². The predicted molar refractivity (Wildman–Crippen MR) is 104 cm³/mol. The summed E-state index contributed by atoms with van der Waals surface area (Å²) in [5.74, 6) is 0.148. The smallest absolute Gasteiger partial charge is 0.317 e. The number of nitrogens with zero attached hydrogens (tertiary/aromatic N) is 2. The first kappa shape index (κ1) is 19.6. The van der Waals surface area contributed by atoms with E-state index in [1.165, 1.54) is 5.56 Å². The zero-order chi connectivity index (χ0) is 18.6. The Bertz CT molecular complexity index is 603. The molecule has 0 aromatic heterocycles. The zero-order valence-electron chi connectivity index (χ0n) is 15.8. The summed E-state index contributed by atoms with van der Waals surface area (Å²) in [6.07, 6.45) is 0. The van der Waals surface area contributed by atoms with E-state index in [0.717, 1.165) is 5.56 Å². The number of carbonyl (C=O) groups excluding carboxylic acids is 2. The maximum Gasteiger partial charge on any atom is 0.317 e. The van der Waals surface area contributed by atoms with E-state index in [2.05, 4.69) is 36.5 Å². The van der Waals surface area contributed by atoms with Crippen LogP contribution in [0.4, 0.5) is 4.79 Å². The van der Waals surface area contributed by atoms with Crippen molar-refractivity contribution in [3.63, 3.8) is 0 Å². The Kier molecular flexibility index (Phi) is 6.76. The lowest BCUT2D eigenvalue weighted by atomic mass is 10.1. The summed E-state index contributed by atoms with van der Waals surface area (Å²) in [6, 6.07) is 8.36. The van der Waals surface area contributed by atoms with Gasteiger partial charge in [0, 0.05) is 25.7 Å².